The Hall–Kier alpha value is -3.76. The third-order valence-corrected chi connectivity index (χ3v) is 4.10. The SMILES string of the molecule is COCCNC(=O)C(C#N)=C1N=C(NC(=O)c2ccccc2)c2ccccc21. The van der Waals surface area contributed by atoms with Crippen LogP contribution in [-0.2, 0) is 9.53 Å². The summed E-state index contributed by atoms with van der Waals surface area (Å²) in [5.41, 5.74) is 1.87. The number of amides is 2. The lowest BCUT2D eigenvalue weighted by molar-refractivity contribution is -0.117. The van der Waals surface area contributed by atoms with Gasteiger partial charge in [-0.15, -0.1) is 0 Å². The molecular weight excluding hydrogens is 356 g/mol. The zero-order valence-electron chi connectivity index (χ0n) is 15.2. The zero-order chi connectivity index (χ0) is 19.9. The summed E-state index contributed by atoms with van der Waals surface area (Å²) in [6, 6.07) is 17.8. The van der Waals surface area contributed by atoms with Gasteiger partial charge < -0.3 is 15.4 Å². The first-order chi connectivity index (χ1) is 13.7. The Labute approximate surface area is 162 Å². The number of rotatable bonds is 5. The quantitative estimate of drug-likeness (QED) is 0.474. The summed E-state index contributed by atoms with van der Waals surface area (Å²) in [5.74, 6) is -0.556. The van der Waals surface area contributed by atoms with E-state index in [0.29, 0.717) is 29.1 Å². The van der Waals surface area contributed by atoms with Crippen LogP contribution < -0.4 is 10.6 Å². The van der Waals surface area contributed by atoms with Gasteiger partial charge in [0.2, 0.25) is 0 Å². The van der Waals surface area contributed by atoms with Crippen molar-refractivity contribution in [3.8, 4) is 6.07 Å². The Morgan fingerprint density at radius 3 is 2.43 bits per heavy atom. The molecule has 0 radical (unpaired) electrons. The number of hydrogen-bond donors (Lipinski definition) is 2. The Morgan fingerprint density at radius 2 is 1.75 bits per heavy atom. The molecule has 2 amide bonds. The average molecular weight is 374 g/mol. The van der Waals surface area contributed by atoms with Gasteiger partial charge in [0.15, 0.2) is 0 Å². The Morgan fingerprint density at radius 1 is 1.07 bits per heavy atom. The number of carbonyl (C=O) groups is 2. The highest BCUT2D eigenvalue weighted by atomic mass is 16.5. The molecule has 7 heteroatoms. The first kappa shape index (κ1) is 19.0. The summed E-state index contributed by atoms with van der Waals surface area (Å²) in [7, 11) is 1.52. The Kier molecular flexibility index (Phi) is 5.94. The molecule has 3 rings (SSSR count). The highest BCUT2D eigenvalue weighted by Gasteiger charge is 2.27. The zero-order valence-corrected chi connectivity index (χ0v) is 15.2. The maximum Gasteiger partial charge on any atom is 0.264 e. The fourth-order valence-electron chi connectivity index (χ4n) is 2.75. The lowest BCUT2D eigenvalue weighted by Crippen LogP contribution is -2.30. The van der Waals surface area contributed by atoms with Crippen molar-refractivity contribution in [2.24, 2.45) is 4.99 Å². The lowest BCUT2D eigenvalue weighted by Gasteiger charge is -2.06. The smallest absolute Gasteiger partial charge is 0.264 e. The number of fused-ring (bicyclic) bond motifs is 1. The molecule has 0 fully saturated rings. The molecule has 1 aliphatic rings. The average Bonchev–Trinajstić information content (AvgIpc) is 3.08. The van der Waals surface area contributed by atoms with E-state index in [2.05, 4.69) is 15.6 Å². The minimum atomic E-state index is -0.538. The number of benzene rings is 2. The van der Waals surface area contributed by atoms with Gasteiger partial charge >= 0.3 is 0 Å². The van der Waals surface area contributed by atoms with Crippen LogP contribution in [0.25, 0.3) is 5.70 Å². The molecule has 0 spiro atoms. The predicted octanol–water partition coefficient (Wildman–Crippen LogP) is 1.87. The maximum atomic E-state index is 12.5. The number of carbonyl (C=O) groups excluding carboxylic acids is 2. The van der Waals surface area contributed by atoms with E-state index in [1.54, 1.807) is 48.5 Å². The minimum absolute atomic E-state index is 0.118. The number of nitriles is 1. The first-order valence-electron chi connectivity index (χ1n) is 8.62. The molecule has 2 N–H and O–H groups in total. The first-order valence-corrected chi connectivity index (χ1v) is 8.62. The van der Waals surface area contributed by atoms with E-state index < -0.39 is 5.91 Å². The topological polar surface area (TPSA) is 104 Å². The summed E-state index contributed by atoms with van der Waals surface area (Å²) >= 11 is 0. The van der Waals surface area contributed by atoms with Crippen LogP contribution in [-0.4, -0.2) is 37.9 Å². The number of aliphatic imine (C=N–C) groups is 1. The standard InChI is InChI=1S/C21H18N4O3/c1-28-12-11-23-21(27)17(13-22)18-15-9-5-6-10-16(15)19(24-18)25-20(26)14-7-3-2-4-8-14/h2-10H,11-12H2,1H3,(H,23,27)(H,24,25,26). The summed E-state index contributed by atoms with van der Waals surface area (Å²) in [6.07, 6.45) is 0. The van der Waals surface area contributed by atoms with Crippen molar-refractivity contribution in [3.05, 3.63) is 76.9 Å². The van der Waals surface area contributed by atoms with Gasteiger partial charge in [-0.05, 0) is 12.1 Å². The van der Waals surface area contributed by atoms with Crippen molar-refractivity contribution in [1.29, 1.82) is 5.26 Å². The molecule has 2 aromatic rings. The number of amidine groups is 1. The molecule has 2 aromatic carbocycles. The number of nitrogens with one attached hydrogen (secondary N) is 2. The molecule has 7 nitrogen and oxygen atoms in total. The van der Waals surface area contributed by atoms with Crippen molar-refractivity contribution in [1.82, 2.24) is 10.6 Å². The summed E-state index contributed by atoms with van der Waals surface area (Å²) in [6.45, 7) is 0.606. The van der Waals surface area contributed by atoms with Gasteiger partial charge in [0.1, 0.15) is 17.5 Å². The van der Waals surface area contributed by atoms with E-state index >= 15 is 0 Å². The highest BCUT2D eigenvalue weighted by Crippen LogP contribution is 2.30. The predicted molar refractivity (Wildman–Crippen MR) is 104 cm³/mol. The molecule has 0 aliphatic carbocycles. The normalized spacial score (nSPS) is 13.8. The van der Waals surface area contributed by atoms with Crippen LogP contribution >= 0.6 is 0 Å². The molecule has 0 aromatic heterocycles. The van der Waals surface area contributed by atoms with E-state index in [9.17, 15) is 14.9 Å². The molecule has 140 valence electrons. The van der Waals surface area contributed by atoms with Crippen LogP contribution in [0.1, 0.15) is 21.5 Å². The van der Waals surface area contributed by atoms with Crippen molar-refractivity contribution in [2.75, 3.05) is 20.3 Å². The van der Waals surface area contributed by atoms with Gasteiger partial charge in [0, 0.05) is 30.3 Å². The van der Waals surface area contributed by atoms with E-state index in [-0.39, 0.29) is 23.7 Å². The highest BCUT2D eigenvalue weighted by molar-refractivity contribution is 6.20. The van der Waals surface area contributed by atoms with E-state index in [1.165, 1.54) is 7.11 Å². The van der Waals surface area contributed by atoms with Gasteiger partial charge in [0.05, 0.1) is 12.3 Å². The van der Waals surface area contributed by atoms with Gasteiger partial charge in [-0.1, -0.05) is 42.5 Å². The summed E-state index contributed by atoms with van der Waals surface area (Å²) in [4.78, 5) is 29.3. The van der Waals surface area contributed by atoms with Gasteiger partial charge in [-0.2, -0.15) is 5.26 Å². The molecule has 0 unspecified atom stereocenters. The van der Waals surface area contributed by atoms with Crippen LogP contribution in [0.4, 0.5) is 0 Å². The summed E-state index contributed by atoms with van der Waals surface area (Å²) < 4.78 is 4.90. The fourth-order valence-corrected chi connectivity index (χ4v) is 2.75. The minimum Gasteiger partial charge on any atom is -0.383 e. The van der Waals surface area contributed by atoms with Crippen molar-refractivity contribution in [3.63, 3.8) is 0 Å². The second kappa shape index (κ2) is 8.75. The molecule has 1 heterocycles. The fraction of sp³-hybridized carbons (Fsp3) is 0.143. The van der Waals surface area contributed by atoms with Crippen LogP contribution in [0, 0.1) is 11.3 Å². The number of nitrogens with zero attached hydrogens (tertiary/aromatic N) is 2. The molecule has 0 saturated heterocycles. The molecule has 0 saturated carbocycles. The van der Waals surface area contributed by atoms with E-state index in [4.69, 9.17) is 4.74 Å². The second-order valence-electron chi connectivity index (χ2n) is 5.91. The molecule has 0 bridgehead atoms. The van der Waals surface area contributed by atoms with Crippen LogP contribution in [0.5, 0.6) is 0 Å². The van der Waals surface area contributed by atoms with Crippen LogP contribution in [0.2, 0.25) is 0 Å². The monoisotopic (exact) mass is 374 g/mol. The molecular formula is C21H18N4O3. The number of methoxy groups -OCH3 is 1. The van der Waals surface area contributed by atoms with E-state index in [1.807, 2.05) is 12.1 Å². The molecule has 0 atom stereocenters. The second-order valence-corrected chi connectivity index (χ2v) is 5.91. The third kappa shape index (κ3) is 3.98. The Bertz CT molecular complexity index is 1000. The van der Waals surface area contributed by atoms with Crippen LogP contribution in [0.15, 0.2) is 65.2 Å². The Balaban J connectivity index is 1.95. The molecule has 1 aliphatic heterocycles. The number of ether oxygens (including phenoxy) is 1. The lowest BCUT2D eigenvalue weighted by atomic mass is 10.0. The van der Waals surface area contributed by atoms with Crippen molar-refractivity contribution < 1.29 is 14.3 Å². The van der Waals surface area contributed by atoms with Crippen molar-refractivity contribution in [2.45, 2.75) is 0 Å². The molecule has 28 heavy (non-hydrogen) atoms. The third-order valence-electron chi connectivity index (χ3n) is 4.10. The van der Waals surface area contributed by atoms with Crippen molar-refractivity contribution >= 4 is 23.3 Å². The van der Waals surface area contributed by atoms with Gasteiger partial charge in [-0.25, -0.2) is 4.99 Å². The van der Waals surface area contributed by atoms with Gasteiger partial charge in [0.25, 0.3) is 11.8 Å². The maximum absolute atomic E-state index is 12.5. The largest absolute Gasteiger partial charge is 0.383 e. The van der Waals surface area contributed by atoms with Crippen LogP contribution in [0.3, 0.4) is 0 Å². The van der Waals surface area contributed by atoms with E-state index in [0.717, 1.165) is 0 Å². The number of hydrogen-bond acceptors (Lipinski definition) is 5. The summed E-state index contributed by atoms with van der Waals surface area (Å²) in [5, 5.41) is 14.9. The van der Waals surface area contributed by atoms with Gasteiger partial charge in [-0.3, -0.25) is 9.59 Å².